The van der Waals surface area contributed by atoms with Crippen molar-refractivity contribution in [2.75, 3.05) is 26.2 Å². The Kier molecular flexibility index (Phi) is 5.81. The zero-order valence-electron chi connectivity index (χ0n) is 16.0. The molecular formula is C20H20BrN3O5S. The summed E-state index contributed by atoms with van der Waals surface area (Å²) in [6, 6.07) is 13.6. The van der Waals surface area contributed by atoms with Crippen LogP contribution in [0.1, 0.15) is 6.42 Å². The van der Waals surface area contributed by atoms with Gasteiger partial charge in [0.15, 0.2) is 5.58 Å². The maximum absolute atomic E-state index is 12.8. The third kappa shape index (κ3) is 4.07. The van der Waals surface area contributed by atoms with Crippen LogP contribution in [0.25, 0.3) is 11.1 Å². The van der Waals surface area contributed by atoms with Crippen LogP contribution in [0.3, 0.4) is 0 Å². The smallest absolute Gasteiger partial charge is 0.408 e. The van der Waals surface area contributed by atoms with E-state index < -0.39 is 15.8 Å². The molecule has 10 heteroatoms. The largest absolute Gasteiger partial charge is 0.419 e. The van der Waals surface area contributed by atoms with Gasteiger partial charge in [-0.3, -0.25) is 9.36 Å². The molecule has 0 aliphatic carbocycles. The van der Waals surface area contributed by atoms with Crippen LogP contribution in [-0.2, 0) is 21.4 Å². The van der Waals surface area contributed by atoms with Gasteiger partial charge in [-0.25, -0.2) is 13.2 Å². The summed E-state index contributed by atoms with van der Waals surface area (Å²) in [7, 11) is -3.60. The van der Waals surface area contributed by atoms with Crippen LogP contribution in [0, 0.1) is 0 Å². The van der Waals surface area contributed by atoms with Gasteiger partial charge < -0.3 is 9.32 Å². The number of hydrogen-bond donors (Lipinski definition) is 0. The molecule has 0 bridgehead atoms. The number of sulfonamides is 1. The number of aromatic nitrogens is 1. The number of aryl methyl sites for hydroxylation is 1. The third-order valence-electron chi connectivity index (χ3n) is 5.15. The van der Waals surface area contributed by atoms with Crippen molar-refractivity contribution >= 4 is 43.0 Å². The number of halogens is 1. The van der Waals surface area contributed by atoms with Crippen molar-refractivity contribution in [1.29, 1.82) is 0 Å². The minimum atomic E-state index is -3.60. The molecule has 0 spiro atoms. The highest BCUT2D eigenvalue weighted by atomic mass is 79.9. The van der Waals surface area contributed by atoms with Crippen molar-refractivity contribution in [3.63, 3.8) is 0 Å². The minimum absolute atomic E-state index is 0.119. The van der Waals surface area contributed by atoms with Gasteiger partial charge in [0.25, 0.3) is 0 Å². The molecular weight excluding hydrogens is 474 g/mol. The normalized spacial score (nSPS) is 15.6. The second-order valence-electron chi connectivity index (χ2n) is 6.98. The maximum atomic E-state index is 12.8. The van der Waals surface area contributed by atoms with Gasteiger partial charge in [0.05, 0.1) is 10.4 Å². The lowest BCUT2D eigenvalue weighted by Crippen LogP contribution is -2.50. The van der Waals surface area contributed by atoms with Crippen LogP contribution in [-0.4, -0.2) is 54.3 Å². The van der Waals surface area contributed by atoms with Crippen molar-refractivity contribution in [2.24, 2.45) is 0 Å². The first-order valence-electron chi connectivity index (χ1n) is 9.48. The second kappa shape index (κ2) is 8.37. The van der Waals surface area contributed by atoms with Gasteiger partial charge >= 0.3 is 5.76 Å². The summed E-state index contributed by atoms with van der Waals surface area (Å²) in [5.41, 5.74) is 1.14. The topological polar surface area (TPSA) is 92.8 Å². The van der Waals surface area contributed by atoms with Crippen LogP contribution >= 0.6 is 15.9 Å². The first-order valence-corrected chi connectivity index (χ1v) is 11.7. The van der Waals surface area contributed by atoms with E-state index in [4.69, 9.17) is 4.42 Å². The zero-order valence-corrected chi connectivity index (χ0v) is 18.4. The van der Waals surface area contributed by atoms with Gasteiger partial charge in [0, 0.05) is 43.6 Å². The molecule has 4 rings (SSSR count). The summed E-state index contributed by atoms with van der Waals surface area (Å²) in [6.45, 7) is 1.30. The molecule has 3 aromatic rings. The Morgan fingerprint density at radius 3 is 2.50 bits per heavy atom. The Morgan fingerprint density at radius 2 is 1.77 bits per heavy atom. The van der Waals surface area contributed by atoms with Crippen LogP contribution in [0.5, 0.6) is 0 Å². The van der Waals surface area contributed by atoms with Crippen LogP contribution in [0.2, 0.25) is 0 Å². The number of nitrogens with zero attached hydrogens (tertiary/aromatic N) is 3. The number of fused-ring (bicyclic) bond motifs is 1. The van der Waals surface area contributed by atoms with Gasteiger partial charge in [-0.2, -0.15) is 4.31 Å². The molecule has 2 aromatic carbocycles. The molecule has 1 aromatic heterocycles. The fourth-order valence-electron chi connectivity index (χ4n) is 3.55. The number of rotatable bonds is 5. The molecule has 2 heterocycles. The highest BCUT2D eigenvalue weighted by Crippen LogP contribution is 2.21. The fourth-order valence-corrected chi connectivity index (χ4v) is 5.57. The van der Waals surface area contributed by atoms with E-state index in [1.165, 1.54) is 8.87 Å². The molecule has 30 heavy (non-hydrogen) atoms. The van der Waals surface area contributed by atoms with E-state index in [1.807, 2.05) is 0 Å². The molecule has 0 saturated carbocycles. The van der Waals surface area contributed by atoms with Gasteiger partial charge in [-0.15, -0.1) is 0 Å². The number of piperazine rings is 1. The number of benzene rings is 2. The van der Waals surface area contributed by atoms with E-state index in [0.717, 1.165) is 0 Å². The minimum Gasteiger partial charge on any atom is -0.408 e. The lowest BCUT2D eigenvalue weighted by Gasteiger charge is -2.34. The quantitative estimate of drug-likeness (QED) is 0.543. The van der Waals surface area contributed by atoms with Crippen molar-refractivity contribution in [3.05, 3.63) is 63.6 Å². The number of amides is 1. The lowest BCUT2D eigenvalue weighted by molar-refractivity contribution is -0.132. The highest BCUT2D eigenvalue weighted by molar-refractivity contribution is 9.10. The summed E-state index contributed by atoms with van der Waals surface area (Å²) in [4.78, 5) is 26.5. The number of para-hydroxylation sites is 2. The molecule has 8 nitrogen and oxygen atoms in total. The molecule has 0 atom stereocenters. The monoisotopic (exact) mass is 493 g/mol. The van der Waals surface area contributed by atoms with Gasteiger partial charge in [-0.1, -0.05) is 34.1 Å². The molecule has 1 aliphatic heterocycles. The standard InChI is InChI=1S/C20H20BrN3O5S/c21-15-4-3-5-16(14-15)30(27,28)23-12-10-22(11-13-23)19(25)8-9-24-17-6-1-2-7-18(17)29-20(24)26/h1-7,14H,8-13H2. The third-order valence-corrected chi connectivity index (χ3v) is 7.54. The van der Waals surface area contributed by atoms with E-state index in [9.17, 15) is 18.0 Å². The molecule has 1 saturated heterocycles. The molecule has 1 aliphatic rings. The van der Waals surface area contributed by atoms with Crippen LogP contribution < -0.4 is 5.76 Å². The van der Waals surface area contributed by atoms with E-state index in [2.05, 4.69) is 15.9 Å². The van der Waals surface area contributed by atoms with Crippen LogP contribution in [0.4, 0.5) is 0 Å². The molecule has 158 valence electrons. The average Bonchev–Trinajstić information content (AvgIpc) is 3.07. The number of carbonyl (C=O) groups is 1. The Hall–Kier alpha value is -2.43. The number of oxazole rings is 1. The van der Waals surface area contributed by atoms with Crippen molar-refractivity contribution in [2.45, 2.75) is 17.9 Å². The summed E-state index contributed by atoms with van der Waals surface area (Å²) < 4.78 is 34.3. The number of carbonyl (C=O) groups excluding carboxylic acids is 1. The fraction of sp³-hybridized carbons (Fsp3) is 0.300. The molecule has 1 fully saturated rings. The summed E-state index contributed by atoms with van der Waals surface area (Å²) in [5.74, 6) is -0.611. The molecule has 0 unspecified atom stereocenters. The average molecular weight is 494 g/mol. The van der Waals surface area contributed by atoms with Crippen molar-refractivity contribution < 1.29 is 17.6 Å². The number of hydrogen-bond acceptors (Lipinski definition) is 5. The van der Waals surface area contributed by atoms with E-state index in [1.54, 1.807) is 53.4 Å². The van der Waals surface area contributed by atoms with E-state index >= 15 is 0 Å². The Labute approximate surface area is 181 Å². The van der Waals surface area contributed by atoms with Crippen molar-refractivity contribution in [3.8, 4) is 0 Å². The predicted molar refractivity (Wildman–Crippen MR) is 115 cm³/mol. The van der Waals surface area contributed by atoms with E-state index in [0.29, 0.717) is 28.7 Å². The SMILES string of the molecule is O=C(CCn1c(=O)oc2ccccc21)N1CCN(S(=O)(=O)c2cccc(Br)c2)CC1. The Balaban J connectivity index is 1.37. The first-order chi connectivity index (χ1) is 14.4. The van der Waals surface area contributed by atoms with Crippen LogP contribution in [0.15, 0.2) is 67.1 Å². The maximum Gasteiger partial charge on any atom is 0.419 e. The Morgan fingerprint density at radius 1 is 1.03 bits per heavy atom. The highest BCUT2D eigenvalue weighted by Gasteiger charge is 2.30. The zero-order chi connectivity index (χ0) is 21.3. The summed E-state index contributed by atoms with van der Waals surface area (Å²) in [5, 5.41) is 0. The second-order valence-corrected chi connectivity index (χ2v) is 9.83. The lowest BCUT2D eigenvalue weighted by atomic mass is 10.3. The van der Waals surface area contributed by atoms with Crippen molar-refractivity contribution in [1.82, 2.24) is 13.8 Å². The van der Waals surface area contributed by atoms with Gasteiger partial charge in [0.1, 0.15) is 0 Å². The summed E-state index contributed by atoms with van der Waals surface area (Å²) >= 11 is 3.29. The summed E-state index contributed by atoms with van der Waals surface area (Å²) in [6.07, 6.45) is 0.141. The predicted octanol–water partition coefficient (Wildman–Crippen LogP) is 2.28. The molecule has 0 N–H and O–H groups in total. The first kappa shape index (κ1) is 20.8. The molecule has 1 amide bonds. The van der Waals surface area contributed by atoms with Gasteiger partial charge in [0.2, 0.25) is 15.9 Å². The van der Waals surface area contributed by atoms with E-state index in [-0.39, 0.29) is 36.9 Å². The Bertz CT molecular complexity index is 1240. The molecule has 0 radical (unpaired) electrons. The van der Waals surface area contributed by atoms with Gasteiger partial charge in [-0.05, 0) is 30.3 Å².